The fraction of sp³-hybridized carbons (Fsp3) is 0.316. The molecule has 1 aromatic heterocycles. The molecule has 0 bridgehead atoms. The molecule has 0 unspecified atom stereocenters. The van der Waals surface area contributed by atoms with Gasteiger partial charge in [-0.2, -0.15) is 0 Å². The summed E-state index contributed by atoms with van der Waals surface area (Å²) in [6.07, 6.45) is 1.69. The van der Waals surface area contributed by atoms with E-state index in [0.29, 0.717) is 19.3 Å². The third-order valence-corrected chi connectivity index (χ3v) is 4.24. The highest BCUT2D eigenvalue weighted by atomic mass is 19.1. The molecule has 2 amide bonds. The molecule has 0 atom stereocenters. The van der Waals surface area contributed by atoms with Crippen LogP contribution in [0.2, 0.25) is 0 Å². The van der Waals surface area contributed by atoms with Crippen molar-refractivity contribution in [2.45, 2.75) is 6.54 Å². The van der Waals surface area contributed by atoms with Crippen molar-refractivity contribution in [3.63, 3.8) is 0 Å². The van der Waals surface area contributed by atoms with Gasteiger partial charge in [0.05, 0.1) is 25.3 Å². The molecule has 1 aromatic carbocycles. The van der Waals surface area contributed by atoms with Gasteiger partial charge < -0.3 is 20.3 Å². The van der Waals surface area contributed by atoms with Crippen molar-refractivity contribution in [3.8, 4) is 0 Å². The summed E-state index contributed by atoms with van der Waals surface area (Å²) in [5, 5.41) is 5.02. The number of amides is 2. The van der Waals surface area contributed by atoms with Crippen LogP contribution in [0.4, 0.5) is 14.6 Å². The Kier molecular flexibility index (Phi) is 6.49. The van der Waals surface area contributed by atoms with Crippen molar-refractivity contribution < 1.29 is 23.1 Å². The normalized spacial score (nSPS) is 13.9. The van der Waals surface area contributed by atoms with E-state index in [1.54, 1.807) is 12.3 Å². The lowest BCUT2D eigenvalue weighted by molar-refractivity contribution is -0.120. The lowest BCUT2D eigenvalue weighted by atomic mass is 10.2. The van der Waals surface area contributed by atoms with E-state index >= 15 is 0 Å². The molecule has 148 valence electrons. The minimum atomic E-state index is -0.983. The van der Waals surface area contributed by atoms with Gasteiger partial charge in [0.2, 0.25) is 5.91 Å². The minimum Gasteiger partial charge on any atom is -0.378 e. The Balaban J connectivity index is 1.53. The maximum Gasteiger partial charge on any atom is 0.254 e. The number of halogens is 2. The zero-order chi connectivity index (χ0) is 19.9. The Morgan fingerprint density at radius 2 is 1.93 bits per heavy atom. The Labute approximate surface area is 160 Å². The van der Waals surface area contributed by atoms with Gasteiger partial charge in [-0.05, 0) is 18.2 Å². The summed E-state index contributed by atoms with van der Waals surface area (Å²) in [7, 11) is 0. The molecule has 2 aromatic rings. The molecule has 3 rings (SSSR count). The van der Waals surface area contributed by atoms with Crippen molar-refractivity contribution in [1.82, 2.24) is 15.6 Å². The van der Waals surface area contributed by atoms with E-state index in [2.05, 4.69) is 20.5 Å². The first-order chi connectivity index (χ1) is 13.5. The van der Waals surface area contributed by atoms with Crippen molar-refractivity contribution in [1.29, 1.82) is 0 Å². The monoisotopic (exact) mass is 390 g/mol. The molecule has 2 heterocycles. The molecule has 1 saturated heterocycles. The number of hydrogen-bond acceptors (Lipinski definition) is 5. The highest BCUT2D eigenvalue weighted by Crippen LogP contribution is 2.18. The van der Waals surface area contributed by atoms with Crippen molar-refractivity contribution in [2.24, 2.45) is 0 Å². The summed E-state index contributed by atoms with van der Waals surface area (Å²) in [5.41, 5.74) is 0.518. The zero-order valence-electron chi connectivity index (χ0n) is 15.1. The summed E-state index contributed by atoms with van der Waals surface area (Å²) in [4.78, 5) is 30.5. The molecular weight excluding hydrogens is 370 g/mol. The van der Waals surface area contributed by atoms with Gasteiger partial charge in [-0.1, -0.05) is 6.07 Å². The van der Waals surface area contributed by atoms with Gasteiger partial charge in [-0.25, -0.2) is 13.8 Å². The molecule has 1 aliphatic heterocycles. The number of morpholine rings is 1. The van der Waals surface area contributed by atoms with Gasteiger partial charge in [0.25, 0.3) is 5.91 Å². The third-order valence-electron chi connectivity index (χ3n) is 4.24. The predicted octanol–water partition coefficient (Wildman–Crippen LogP) is 1.24. The lowest BCUT2D eigenvalue weighted by Gasteiger charge is -2.29. The van der Waals surface area contributed by atoms with Crippen LogP contribution in [0.1, 0.15) is 15.9 Å². The number of aromatic nitrogens is 1. The summed E-state index contributed by atoms with van der Waals surface area (Å²) in [6.45, 7) is 2.58. The van der Waals surface area contributed by atoms with Crippen LogP contribution in [0, 0.1) is 11.6 Å². The molecule has 7 nitrogen and oxygen atoms in total. The van der Waals surface area contributed by atoms with Crippen LogP contribution in [0.3, 0.4) is 0 Å². The van der Waals surface area contributed by atoms with Crippen LogP contribution < -0.4 is 15.5 Å². The molecule has 0 aliphatic carbocycles. The zero-order valence-corrected chi connectivity index (χ0v) is 15.1. The maximum absolute atomic E-state index is 13.6. The quantitative estimate of drug-likeness (QED) is 0.776. The van der Waals surface area contributed by atoms with Gasteiger partial charge in [-0.15, -0.1) is 0 Å². The Hall–Kier alpha value is -3.07. The van der Waals surface area contributed by atoms with Crippen LogP contribution in [-0.2, 0) is 16.1 Å². The van der Waals surface area contributed by atoms with Crippen molar-refractivity contribution in [3.05, 3.63) is 59.3 Å². The maximum atomic E-state index is 13.6. The fourth-order valence-electron chi connectivity index (χ4n) is 2.81. The number of carbonyl (C=O) groups is 2. The Morgan fingerprint density at radius 3 is 2.68 bits per heavy atom. The molecule has 2 N–H and O–H groups in total. The highest BCUT2D eigenvalue weighted by molar-refractivity contribution is 5.96. The first-order valence-electron chi connectivity index (χ1n) is 8.81. The van der Waals surface area contributed by atoms with E-state index in [4.69, 9.17) is 4.74 Å². The molecular formula is C19H20F2N4O3. The third kappa shape index (κ3) is 5.01. The average molecular weight is 390 g/mol. The topological polar surface area (TPSA) is 83.6 Å². The van der Waals surface area contributed by atoms with E-state index in [0.717, 1.165) is 36.6 Å². The van der Waals surface area contributed by atoms with E-state index in [1.165, 1.54) is 0 Å². The SMILES string of the molecule is O=C(CNC(=O)c1ccc(F)cc1F)NCc1cccnc1N1CCOCC1. The van der Waals surface area contributed by atoms with Gasteiger partial charge in [-0.3, -0.25) is 9.59 Å². The summed E-state index contributed by atoms with van der Waals surface area (Å²) >= 11 is 0. The van der Waals surface area contributed by atoms with Crippen LogP contribution in [0.5, 0.6) is 0 Å². The van der Waals surface area contributed by atoms with Crippen LogP contribution >= 0.6 is 0 Å². The molecule has 1 aliphatic rings. The van der Waals surface area contributed by atoms with Gasteiger partial charge in [0, 0.05) is 37.5 Å². The van der Waals surface area contributed by atoms with Crippen LogP contribution in [0.15, 0.2) is 36.5 Å². The summed E-state index contributed by atoms with van der Waals surface area (Å²) in [5.74, 6) is -2.21. The molecule has 0 radical (unpaired) electrons. The molecule has 0 saturated carbocycles. The number of carbonyl (C=O) groups excluding carboxylic acids is 2. The highest BCUT2D eigenvalue weighted by Gasteiger charge is 2.17. The number of benzene rings is 1. The van der Waals surface area contributed by atoms with Gasteiger partial charge in [0.15, 0.2) is 0 Å². The minimum absolute atomic E-state index is 0.236. The average Bonchev–Trinajstić information content (AvgIpc) is 2.71. The Bertz CT molecular complexity index is 857. The van der Waals surface area contributed by atoms with Crippen molar-refractivity contribution in [2.75, 3.05) is 37.7 Å². The first kappa shape index (κ1) is 19.7. The van der Waals surface area contributed by atoms with E-state index in [1.807, 2.05) is 6.07 Å². The fourth-order valence-corrected chi connectivity index (χ4v) is 2.81. The summed E-state index contributed by atoms with van der Waals surface area (Å²) in [6, 6.07) is 6.27. The standard InChI is InChI=1S/C19H20F2N4O3/c20-14-3-4-15(16(21)10-14)19(27)24-12-17(26)23-11-13-2-1-5-22-18(13)25-6-8-28-9-7-25/h1-5,10H,6-9,11-12H2,(H,23,26)(H,24,27). The molecule has 1 fully saturated rings. The van der Waals surface area contributed by atoms with E-state index < -0.39 is 23.4 Å². The predicted molar refractivity (Wildman–Crippen MR) is 97.8 cm³/mol. The van der Waals surface area contributed by atoms with Crippen molar-refractivity contribution >= 4 is 17.6 Å². The number of rotatable bonds is 6. The smallest absolute Gasteiger partial charge is 0.254 e. The van der Waals surface area contributed by atoms with Crippen LogP contribution in [0.25, 0.3) is 0 Å². The number of hydrogen-bond donors (Lipinski definition) is 2. The second-order valence-corrected chi connectivity index (χ2v) is 6.17. The number of ether oxygens (including phenoxy) is 1. The molecule has 28 heavy (non-hydrogen) atoms. The molecule has 9 heteroatoms. The van der Waals surface area contributed by atoms with Gasteiger partial charge >= 0.3 is 0 Å². The van der Waals surface area contributed by atoms with E-state index in [-0.39, 0.29) is 18.7 Å². The molecule has 0 spiro atoms. The van der Waals surface area contributed by atoms with Crippen LogP contribution in [-0.4, -0.2) is 49.6 Å². The first-order valence-corrected chi connectivity index (χ1v) is 8.81. The number of pyridine rings is 1. The number of anilines is 1. The van der Waals surface area contributed by atoms with E-state index in [9.17, 15) is 18.4 Å². The second kappa shape index (κ2) is 9.23. The second-order valence-electron chi connectivity index (χ2n) is 6.17. The lowest BCUT2D eigenvalue weighted by Crippen LogP contribution is -2.39. The Morgan fingerprint density at radius 1 is 1.14 bits per heavy atom. The number of nitrogens with one attached hydrogen (secondary N) is 2. The largest absolute Gasteiger partial charge is 0.378 e. The van der Waals surface area contributed by atoms with Gasteiger partial charge in [0.1, 0.15) is 17.5 Å². The summed E-state index contributed by atoms with van der Waals surface area (Å²) < 4.78 is 31.8. The number of nitrogens with zero attached hydrogens (tertiary/aromatic N) is 2.